The van der Waals surface area contributed by atoms with Gasteiger partial charge in [0, 0.05) is 17.5 Å². The number of nitrogens with one attached hydrogen (secondary N) is 1. The second-order valence-corrected chi connectivity index (χ2v) is 6.29. The molecule has 0 fully saturated rings. The molecule has 0 atom stereocenters. The van der Waals surface area contributed by atoms with Crippen molar-refractivity contribution in [3.05, 3.63) is 64.8 Å². The number of aryl methyl sites for hydroxylation is 1. The molecule has 1 amide bonds. The lowest BCUT2D eigenvalue weighted by Gasteiger charge is -2.12. The first-order chi connectivity index (χ1) is 13.6. The van der Waals surface area contributed by atoms with E-state index >= 15 is 0 Å². The Morgan fingerprint density at radius 3 is 2.57 bits per heavy atom. The van der Waals surface area contributed by atoms with E-state index in [0.717, 1.165) is 5.39 Å². The van der Waals surface area contributed by atoms with Crippen molar-refractivity contribution in [1.29, 1.82) is 0 Å². The van der Waals surface area contributed by atoms with Gasteiger partial charge in [0.15, 0.2) is 5.65 Å². The van der Waals surface area contributed by atoms with Crippen molar-refractivity contribution < 1.29 is 9.53 Å². The SMILES string of the molecule is CCc1nnc2c3ccccc3n(CC(=O)Nc3ccc(OC)cc3)c(=O)n12. The van der Waals surface area contributed by atoms with Gasteiger partial charge in [0.25, 0.3) is 0 Å². The zero-order chi connectivity index (χ0) is 19.7. The van der Waals surface area contributed by atoms with Gasteiger partial charge in [0.2, 0.25) is 5.91 Å². The number of benzene rings is 2. The molecule has 0 spiro atoms. The lowest BCUT2D eigenvalue weighted by molar-refractivity contribution is -0.116. The number of ether oxygens (including phenoxy) is 1. The van der Waals surface area contributed by atoms with Crippen LogP contribution in [-0.2, 0) is 17.8 Å². The minimum atomic E-state index is -0.333. The number of nitrogens with zero attached hydrogens (tertiary/aromatic N) is 4. The number of anilines is 1. The quantitative estimate of drug-likeness (QED) is 0.576. The number of hydrogen-bond acceptors (Lipinski definition) is 5. The van der Waals surface area contributed by atoms with E-state index in [2.05, 4.69) is 15.5 Å². The summed E-state index contributed by atoms with van der Waals surface area (Å²) >= 11 is 0. The lowest BCUT2D eigenvalue weighted by Crippen LogP contribution is -2.32. The van der Waals surface area contributed by atoms with Gasteiger partial charge < -0.3 is 10.1 Å². The lowest BCUT2D eigenvalue weighted by atomic mass is 10.2. The maximum Gasteiger partial charge on any atom is 0.336 e. The highest BCUT2D eigenvalue weighted by Gasteiger charge is 2.17. The normalized spacial score (nSPS) is 11.1. The average molecular weight is 377 g/mol. The summed E-state index contributed by atoms with van der Waals surface area (Å²) in [5.74, 6) is 0.961. The molecule has 142 valence electrons. The van der Waals surface area contributed by atoms with Crippen molar-refractivity contribution in [2.45, 2.75) is 19.9 Å². The molecule has 0 aliphatic carbocycles. The van der Waals surface area contributed by atoms with Crippen LogP contribution in [0.15, 0.2) is 53.3 Å². The van der Waals surface area contributed by atoms with Crippen LogP contribution in [0.3, 0.4) is 0 Å². The van der Waals surface area contributed by atoms with Crippen LogP contribution in [0.5, 0.6) is 5.75 Å². The van der Waals surface area contributed by atoms with Gasteiger partial charge in [-0.3, -0.25) is 9.36 Å². The molecule has 4 aromatic rings. The van der Waals surface area contributed by atoms with E-state index in [1.807, 2.05) is 25.1 Å². The maximum absolute atomic E-state index is 13.1. The summed E-state index contributed by atoms with van der Waals surface area (Å²) in [4.78, 5) is 25.7. The summed E-state index contributed by atoms with van der Waals surface area (Å²) in [6.45, 7) is 1.79. The van der Waals surface area contributed by atoms with Crippen molar-refractivity contribution in [3.63, 3.8) is 0 Å². The summed E-state index contributed by atoms with van der Waals surface area (Å²) in [5.41, 5.74) is 1.44. The Hall–Kier alpha value is -3.68. The molecule has 1 N–H and O–H groups in total. The Balaban J connectivity index is 1.75. The van der Waals surface area contributed by atoms with Gasteiger partial charge in [0.1, 0.15) is 18.1 Å². The van der Waals surface area contributed by atoms with Gasteiger partial charge in [-0.15, -0.1) is 10.2 Å². The van der Waals surface area contributed by atoms with Gasteiger partial charge in [-0.05, 0) is 36.4 Å². The highest BCUT2D eigenvalue weighted by molar-refractivity contribution is 5.94. The van der Waals surface area contributed by atoms with Gasteiger partial charge >= 0.3 is 5.69 Å². The van der Waals surface area contributed by atoms with Crippen LogP contribution in [0.4, 0.5) is 5.69 Å². The number of hydrogen-bond donors (Lipinski definition) is 1. The fraction of sp³-hybridized carbons (Fsp3) is 0.200. The third-order valence-corrected chi connectivity index (χ3v) is 4.58. The number of fused-ring (bicyclic) bond motifs is 3. The zero-order valence-corrected chi connectivity index (χ0v) is 15.5. The van der Waals surface area contributed by atoms with Crippen molar-refractivity contribution in [3.8, 4) is 5.75 Å². The minimum absolute atomic E-state index is 0.122. The largest absolute Gasteiger partial charge is 0.497 e. The molecule has 0 saturated carbocycles. The summed E-state index contributed by atoms with van der Waals surface area (Å²) < 4.78 is 8.04. The monoisotopic (exact) mass is 377 g/mol. The molecule has 8 heteroatoms. The molecule has 2 heterocycles. The van der Waals surface area contributed by atoms with E-state index in [-0.39, 0.29) is 18.1 Å². The number of para-hydroxylation sites is 1. The predicted octanol–water partition coefficient (Wildman–Crippen LogP) is 2.25. The van der Waals surface area contributed by atoms with Crippen molar-refractivity contribution >= 4 is 28.1 Å². The van der Waals surface area contributed by atoms with Crippen LogP contribution in [-0.4, -0.2) is 32.2 Å². The van der Waals surface area contributed by atoms with Gasteiger partial charge in [-0.1, -0.05) is 19.1 Å². The summed E-state index contributed by atoms with van der Waals surface area (Å²) in [6, 6.07) is 14.4. The first kappa shape index (κ1) is 17.7. The van der Waals surface area contributed by atoms with Crippen LogP contribution in [0.25, 0.3) is 16.6 Å². The van der Waals surface area contributed by atoms with E-state index in [4.69, 9.17) is 4.74 Å². The molecule has 0 saturated heterocycles. The number of aromatic nitrogens is 4. The topological polar surface area (TPSA) is 90.5 Å². The van der Waals surface area contributed by atoms with Crippen molar-refractivity contribution in [2.75, 3.05) is 12.4 Å². The van der Waals surface area contributed by atoms with Crippen LogP contribution < -0.4 is 15.7 Å². The Bertz CT molecular complexity index is 1220. The van der Waals surface area contributed by atoms with E-state index in [0.29, 0.717) is 34.8 Å². The fourth-order valence-corrected chi connectivity index (χ4v) is 3.21. The third kappa shape index (κ3) is 2.98. The zero-order valence-electron chi connectivity index (χ0n) is 15.5. The van der Waals surface area contributed by atoms with Crippen LogP contribution in [0.1, 0.15) is 12.7 Å². The average Bonchev–Trinajstić information content (AvgIpc) is 3.16. The van der Waals surface area contributed by atoms with E-state index in [9.17, 15) is 9.59 Å². The summed E-state index contributed by atoms with van der Waals surface area (Å²) in [7, 11) is 1.58. The standard InChI is InChI=1S/C20H19N5O3/c1-3-17-22-23-19-15-6-4-5-7-16(15)24(20(27)25(17)19)12-18(26)21-13-8-10-14(28-2)11-9-13/h4-11H,3,12H2,1-2H3,(H,21,26). The first-order valence-corrected chi connectivity index (χ1v) is 8.92. The maximum atomic E-state index is 13.1. The molecule has 0 bridgehead atoms. The fourth-order valence-electron chi connectivity index (χ4n) is 3.21. The van der Waals surface area contributed by atoms with Crippen molar-refractivity contribution in [2.24, 2.45) is 0 Å². The number of rotatable bonds is 5. The van der Waals surface area contributed by atoms with Crippen LogP contribution >= 0.6 is 0 Å². The Kier molecular flexibility index (Phi) is 4.52. The smallest absolute Gasteiger partial charge is 0.336 e. The number of amides is 1. The number of methoxy groups -OCH3 is 1. The second kappa shape index (κ2) is 7.15. The van der Waals surface area contributed by atoms with Crippen molar-refractivity contribution in [1.82, 2.24) is 19.2 Å². The summed E-state index contributed by atoms with van der Waals surface area (Å²) in [5, 5.41) is 11.9. The molecule has 2 aromatic carbocycles. The van der Waals surface area contributed by atoms with Gasteiger partial charge in [-0.25, -0.2) is 9.20 Å². The molecule has 4 rings (SSSR count). The molecular weight excluding hydrogens is 358 g/mol. The van der Waals surface area contributed by atoms with Crippen LogP contribution in [0, 0.1) is 0 Å². The van der Waals surface area contributed by atoms with Crippen LogP contribution in [0.2, 0.25) is 0 Å². The Morgan fingerprint density at radius 1 is 1.11 bits per heavy atom. The molecule has 0 aliphatic heterocycles. The predicted molar refractivity (Wildman–Crippen MR) is 106 cm³/mol. The molecule has 28 heavy (non-hydrogen) atoms. The van der Waals surface area contributed by atoms with Gasteiger partial charge in [0.05, 0.1) is 12.6 Å². The molecular formula is C20H19N5O3. The third-order valence-electron chi connectivity index (χ3n) is 4.58. The molecule has 0 unspecified atom stereocenters. The van der Waals surface area contributed by atoms with Gasteiger partial charge in [-0.2, -0.15) is 0 Å². The van der Waals surface area contributed by atoms with E-state index < -0.39 is 0 Å². The van der Waals surface area contributed by atoms with E-state index in [1.165, 1.54) is 8.97 Å². The Labute approximate surface area is 160 Å². The Morgan fingerprint density at radius 2 is 1.86 bits per heavy atom. The molecule has 8 nitrogen and oxygen atoms in total. The number of carbonyl (C=O) groups excluding carboxylic acids is 1. The highest BCUT2D eigenvalue weighted by Crippen LogP contribution is 2.18. The number of carbonyl (C=O) groups is 1. The molecule has 0 radical (unpaired) electrons. The minimum Gasteiger partial charge on any atom is -0.497 e. The summed E-state index contributed by atoms with van der Waals surface area (Å²) in [6.07, 6.45) is 0.562. The molecule has 0 aliphatic rings. The first-order valence-electron chi connectivity index (χ1n) is 8.92. The van der Waals surface area contributed by atoms with E-state index in [1.54, 1.807) is 37.4 Å². The molecule has 2 aromatic heterocycles. The highest BCUT2D eigenvalue weighted by atomic mass is 16.5. The second-order valence-electron chi connectivity index (χ2n) is 6.29.